The molecule has 0 aromatic heterocycles. The van der Waals surface area contributed by atoms with E-state index in [2.05, 4.69) is 67.7 Å². The number of hydrogen-bond acceptors (Lipinski definition) is 4. The third kappa shape index (κ3) is 6.16. The first-order valence-electron chi connectivity index (χ1n) is 13.3. The first-order chi connectivity index (χ1) is 18.1. The lowest BCUT2D eigenvalue weighted by Gasteiger charge is -2.26. The van der Waals surface area contributed by atoms with Crippen molar-refractivity contribution in [3.63, 3.8) is 0 Å². The predicted octanol–water partition coefficient (Wildman–Crippen LogP) is 7.47. The van der Waals surface area contributed by atoms with Gasteiger partial charge in [0.2, 0.25) is 0 Å². The Labute approximate surface area is 221 Å². The molecule has 5 heteroatoms. The zero-order valence-electron chi connectivity index (χ0n) is 22.4. The smallest absolute Gasteiger partial charge is 0.275 e. The number of nitrogens with zero attached hydrogens (tertiary/aromatic N) is 1. The lowest BCUT2D eigenvalue weighted by molar-refractivity contribution is -0.114. The van der Waals surface area contributed by atoms with Crippen LogP contribution >= 0.6 is 0 Å². The van der Waals surface area contributed by atoms with Crippen LogP contribution in [-0.4, -0.2) is 20.1 Å². The summed E-state index contributed by atoms with van der Waals surface area (Å²) in [6.07, 6.45) is 8.78. The van der Waals surface area contributed by atoms with E-state index in [1.54, 1.807) is 14.2 Å². The molecule has 0 fully saturated rings. The molecule has 194 valence electrons. The maximum atomic E-state index is 13.8. The van der Waals surface area contributed by atoms with Gasteiger partial charge in [-0.25, -0.2) is 0 Å². The van der Waals surface area contributed by atoms with Gasteiger partial charge in [-0.2, -0.15) is 0 Å². The maximum Gasteiger partial charge on any atom is 0.275 e. The monoisotopic (exact) mass is 498 g/mol. The molecule has 37 heavy (non-hydrogen) atoms. The number of rotatable bonds is 12. The van der Waals surface area contributed by atoms with E-state index >= 15 is 0 Å². The predicted molar refractivity (Wildman–Crippen MR) is 152 cm³/mol. The highest BCUT2D eigenvalue weighted by Gasteiger charge is 2.35. The van der Waals surface area contributed by atoms with Crippen LogP contribution in [0.1, 0.15) is 62.3 Å². The molecule has 0 saturated carbocycles. The second kappa shape index (κ2) is 12.5. The van der Waals surface area contributed by atoms with Crippen molar-refractivity contribution < 1.29 is 14.3 Å². The van der Waals surface area contributed by atoms with Crippen LogP contribution in [0.3, 0.4) is 0 Å². The molecule has 1 N–H and O–H groups in total. The fourth-order valence-electron chi connectivity index (χ4n) is 4.71. The number of methoxy groups -OCH3 is 2. The summed E-state index contributed by atoms with van der Waals surface area (Å²) >= 11 is 0. The van der Waals surface area contributed by atoms with Crippen molar-refractivity contribution in [1.29, 1.82) is 0 Å². The molecule has 1 heterocycles. The average Bonchev–Trinajstić information content (AvgIpc) is 3.26. The number of ether oxygens (including phenoxy) is 2. The Balaban J connectivity index is 1.65. The van der Waals surface area contributed by atoms with Gasteiger partial charge < -0.3 is 14.8 Å². The highest BCUT2D eigenvalue weighted by atomic mass is 16.5. The number of carbonyl (C=O) groups is 1. The van der Waals surface area contributed by atoms with E-state index in [1.807, 2.05) is 29.2 Å². The van der Waals surface area contributed by atoms with Crippen LogP contribution in [0, 0.1) is 0 Å². The van der Waals surface area contributed by atoms with Crippen molar-refractivity contribution in [3.05, 3.63) is 95.2 Å². The number of hydrogen-bond donors (Lipinski definition) is 1. The van der Waals surface area contributed by atoms with E-state index in [-0.39, 0.29) is 11.9 Å². The Bertz CT molecular complexity index is 1220. The molecule has 3 aromatic rings. The third-order valence-electron chi connectivity index (χ3n) is 6.89. The first-order valence-corrected chi connectivity index (χ1v) is 13.3. The maximum absolute atomic E-state index is 13.8. The topological polar surface area (TPSA) is 50.8 Å². The van der Waals surface area contributed by atoms with Crippen molar-refractivity contribution >= 4 is 17.3 Å². The Kier molecular flexibility index (Phi) is 8.89. The molecule has 1 amide bonds. The lowest BCUT2D eigenvalue weighted by Crippen LogP contribution is -2.30. The van der Waals surface area contributed by atoms with E-state index in [4.69, 9.17) is 9.47 Å². The molecule has 0 spiro atoms. The summed E-state index contributed by atoms with van der Waals surface area (Å²) in [5.41, 5.74) is 5.89. The molecule has 4 rings (SSSR count). The molecule has 3 aromatic carbocycles. The Morgan fingerprint density at radius 3 is 1.95 bits per heavy atom. The lowest BCUT2D eigenvalue weighted by atomic mass is 10.0. The fourth-order valence-corrected chi connectivity index (χ4v) is 4.71. The van der Waals surface area contributed by atoms with Gasteiger partial charge in [0, 0.05) is 11.4 Å². The van der Waals surface area contributed by atoms with Crippen molar-refractivity contribution in [2.45, 2.75) is 58.4 Å². The molecule has 5 nitrogen and oxygen atoms in total. The molecule has 0 bridgehead atoms. The molecular weight excluding hydrogens is 460 g/mol. The quantitative estimate of drug-likeness (QED) is 0.281. The van der Waals surface area contributed by atoms with Gasteiger partial charge in [0.15, 0.2) is 11.5 Å². The van der Waals surface area contributed by atoms with Gasteiger partial charge in [-0.1, -0.05) is 57.0 Å². The number of unbranched alkanes of at least 4 members (excludes halogenated alkanes) is 2. The van der Waals surface area contributed by atoms with E-state index in [1.165, 1.54) is 24.0 Å². The summed E-state index contributed by atoms with van der Waals surface area (Å²) in [5.74, 6) is 1.24. The highest BCUT2D eigenvalue weighted by Crippen LogP contribution is 2.39. The van der Waals surface area contributed by atoms with Crippen molar-refractivity contribution in [1.82, 2.24) is 0 Å². The van der Waals surface area contributed by atoms with Crippen LogP contribution in [0.25, 0.3) is 0 Å². The van der Waals surface area contributed by atoms with E-state index in [0.29, 0.717) is 17.2 Å². The summed E-state index contributed by atoms with van der Waals surface area (Å²) in [6.45, 7) is 4.40. The van der Waals surface area contributed by atoms with E-state index < -0.39 is 0 Å². The summed E-state index contributed by atoms with van der Waals surface area (Å²) in [6, 6.07) is 22.3. The van der Waals surface area contributed by atoms with Crippen LogP contribution < -0.4 is 19.7 Å². The number of carbonyl (C=O) groups excluding carboxylic acids is 1. The molecule has 1 aliphatic heterocycles. The summed E-state index contributed by atoms with van der Waals surface area (Å²) in [4.78, 5) is 15.6. The molecule has 1 unspecified atom stereocenters. The Hall–Kier alpha value is -3.73. The standard InChI is InChI=1S/C32H38N2O3/c1-5-7-9-23-11-16-26(17-12-23)33-28-22-29(25-15-20-30(36-3)31(21-25)37-4)34(32(28)35)27-18-13-24(14-19-27)10-8-6-2/h11-22,29,33H,5-10H2,1-4H3. The fraction of sp³-hybridized carbons (Fsp3) is 0.344. The minimum absolute atomic E-state index is 0.0591. The largest absolute Gasteiger partial charge is 0.493 e. The van der Waals surface area contributed by atoms with E-state index in [9.17, 15) is 4.79 Å². The van der Waals surface area contributed by atoms with Gasteiger partial charge in [0.25, 0.3) is 5.91 Å². The molecule has 1 atom stereocenters. The van der Waals surface area contributed by atoms with Gasteiger partial charge >= 0.3 is 0 Å². The third-order valence-corrected chi connectivity index (χ3v) is 6.89. The highest BCUT2D eigenvalue weighted by molar-refractivity contribution is 6.11. The summed E-state index contributed by atoms with van der Waals surface area (Å²) in [7, 11) is 3.25. The Morgan fingerprint density at radius 1 is 0.784 bits per heavy atom. The average molecular weight is 499 g/mol. The van der Waals surface area contributed by atoms with Crippen LogP contribution in [0.5, 0.6) is 11.5 Å². The summed E-state index contributed by atoms with van der Waals surface area (Å²) in [5, 5.41) is 3.38. The number of nitrogens with one attached hydrogen (secondary N) is 1. The van der Waals surface area contributed by atoms with Crippen LogP contribution in [0.2, 0.25) is 0 Å². The minimum Gasteiger partial charge on any atom is -0.493 e. The number of benzene rings is 3. The van der Waals surface area contributed by atoms with Gasteiger partial charge in [-0.05, 0) is 84.8 Å². The Morgan fingerprint density at radius 2 is 1.38 bits per heavy atom. The van der Waals surface area contributed by atoms with Gasteiger partial charge in [0.05, 0.1) is 20.3 Å². The second-order valence-corrected chi connectivity index (χ2v) is 9.51. The molecule has 0 saturated heterocycles. The number of amides is 1. The number of aryl methyl sites for hydroxylation is 2. The van der Waals surface area contributed by atoms with Crippen molar-refractivity contribution in [2.75, 3.05) is 24.4 Å². The van der Waals surface area contributed by atoms with E-state index in [0.717, 1.165) is 42.6 Å². The molecule has 0 aliphatic carbocycles. The van der Waals surface area contributed by atoms with Crippen LogP contribution in [0.15, 0.2) is 78.5 Å². The van der Waals surface area contributed by atoms with Gasteiger partial charge in [-0.3, -0.25) is 9.69 Å². The van der Waals surface area contributed by atoms with Gasteiger partial charge in [-0.15, -0.1) is 0 Å². The van der Waals surface area contributed by atoms with Crippen LogP contribution in [-0.2, 0) is 17.6 Å². The molecular formula is C32H38N2O3. The van der Waals surface area contributed by atoms with Gasteiger partial charge in [0.1, 0.15) is 5.70 Å². The van der Waals surface area contributed by atoms with Crippen molar-refractivity contribution in [3.8, 4) is 11.5 Å². The number of anilines is 2. The second-order valence-electron chi connectivity index (χ2n) is 9.51. The first kappa shape index (κ1) is 26.3. The van der Waals surface area contributed by atoms with Crippen LogP contribution in [0.4, 0.5) is 11.4 Å². The normalized spacial score (nSPS) is 15.0. The zero-order valence-corrected chi connectivity index (χ0v) is 22.4. The summed E-state index contributed by atoms with van der Waals surface area (Å²) < 4.78 is 11.0. The molecule has 0 radical (unpaired) electrons. The SMILES string of the molecule is CCCCc1ccc(NC2=CC(c3ccc(OC)c(OC)c3)N(c3ccc(CCCC)cc3)C2=O)cc1. The molecule has 1 aliphatic rings. The zero-order chi connectivity index (χ0) is 26.2. The minimum atomic E-state index is -0.278. The van der Waals surface area contributed by atoms with Crippen molar-refractivity contribution in [2.24, 2.45) is 0 Å².